The minimum atomic E-state index is -0.796. The van der Waals surface area contributed by atoms with Crippen LogP contribution in [-0.4, -0.2) is 78.0 Å². The summed E-state index contributed by atoms with van der Waals surface area (Å²) in [6.07, 6.45) is 1.46. The van der Waals surface area contributed by atoms with Gasteiger partial charge in [0.15, 0.2) is 11.5 Å². The summed E-state index contributed by atoms with van der Waals surface area (Å²) in [4.78, 5) is 37.9. The number of likely N-dealkylation sites (N-methyl/N-ethyl adjacent to an activating group) is 1. The van der Waals surface area contributed by atoms with E-state index in [0.29, 0.717) is 47.2 Å². The molecular weight excluding hydrogens is 412 g/mol. The summed E-state index contributed by atoms with van der Waals surface area (Å²) < 4.78 is 10.7. The molecule has 3 rings (SSSR count). The number of likely N-dealkylation sites (tertiary alicyclic amines) is 1. The van der Waals surface area contributed by atoms with E-state index in [9.17, 15) is 14.7 Å². The van der Waals surface area contributed by atoms with Crippen LogP contribution >= 0.6 is 0 Å². The van der Waals surface area contributed by atoms with Crippen molar-refractivity contribution in [3.8, 4) is 11.5 Å². The first-order valence-electron chi connectivity index (χ1n) is 10.1. The first-order valence-corrected chi connectivity index (χ1v) is 10.1. The predicted molar refractivity (Wildman–Crippen MR) is 119 cm³/mol. The number of rotatable bonds is 7. The molecule has 0 bridgehead atoms. The number of ketones is 1. The summed E-state index contributed by atoms with van der Waals surface area (Å²) >= 11 is 0. The number of nitrogens with zero attached hydrogens (tertiary/aromatic N) is 4. The number of carbonyl (C=O) groups excluding carboxylic acids is 2. The Bertz CT molecular complexity index is 1080. The van der Waals surface area contributed by atoms with Crippen molar-refractivity contribution in [1.29, 1.82) is 0 Å². The molecule has 0 radical (unpaired) electrons. The van der Waals surface area contributed by atoms with Gasteiger partial charge in [0.05, 0.1) is 37.1 Å². The molecule has 0 spiro atoms. The summed E-state index contributed by atoms with van der Waals surface area (Å²) in [6, 6.07) is 4.38. The fourth-order valence-corrected chi connectivity index (χ4v) is 3.75. The molecule has 0 saturated carbocycles. The van der Waals surface area contributed by atoms with E-state index in [-0.39, 0.29) is 11.3 Å². The lowest BCUT2D eigenvalue weighted by Gasteiger charge is -2.27. The lowest BCUT2D eigenvalue weighted by atomic mass is 9.95. The average molecular weight is 441 g/mol. The third-order valence-electron chi connectivity index (χ3n) is 5.41. The Hall–Kier alpha value is -3.46. The summed E-state index contributed by atoms with van der Waals surface area (Å²) in [5, 5.41) is 11.2. The number of aliphatic hydroxyl groups is 1. The largest absolute Gasteiger partial charge is 0.507 e. The van der Waals surface area contributed by atoms with Crippen molar-refractivity contribution in [1.82, 2.24) is 19.8 Å². The Balaban J connectivity index is 2.21. The molecule has 170 valence electrons. The van der Waals surface area contributed by atoms with Crippen molar-refractivity contribution in [3.63, 3.8) is 0 Å². The van der Waals surface area contributed by atoms with Crippen LogP contribution in [0.4, 0.5) is 0 Å². The van der Waals surface area contributed by atoms with E-state index < -0.39 is 17.7 Å². The second kappa shape index (κ2) is 9.35. The second-order valence-corrected chi connectivity index (χ2v) is 7.83. The maximum atomic E-state index is 13.1. The molecule has 0 unspecified atom stereocenters. The highest BCUT2D eigenvalue weighted by Crippen LogP contribution is 2.42. The number of ether oxygens (including phenoxy) is 2. The third kappa shape index (κ3) is 4.29. The van der Waals surface area contributed by atoms with Crippen LogP contribution in [0.25, 0.3) is 5.76 Å². The molecule has 9 heteroatoms. The van der Waals surface area contributed by atoms with Gasteiger partial charge in [0.25, 0.3) is 11.7 Å². The van der Waals surface area contributed by atoms with E-state index in [1.165, 1.54) is 25.3 Å². The highest BCUT2D eigenvalue weighted by Gasteiger charge is 2.46. The van der Waals surface area contributed by atoms with Crippen LogP contribution in [0.1, 0.15) is 28.7 Å². The molecule has 0 aliphatic carbocycles. The van der Waals surface area contributed by atoms with Gasteiger partial charge in [-0.1, -0.05) is 6.07 Å². The number of benzene rings is 1. The number of aromatic nitrogens is 2. The maximum absolute atomic E-state index is 13.1. The normalized spacial score (nSPS) is 17.8. The van der Waals surface area contributed by atoms with Crippen molar-refractivity contribution in [2.45, 2.75) is 19.9 Å². The summed E-state index contributed by atoms with van der Waals surface area (Å²) in [6.45, 7) is 4.30. The van der Waals surface area contributed by atoms with Gasteiger partial charge in [0.1, 0.15) is 11.6 Å². The molecule has 2 aromatic rings. The van der Waals surface area contributed by atoms with Gasteiger partial charge in [0, 0.05) is 19.3 Å². The standard InChI is InChI=1S/C23H28N4O5/c1-13-16(12-24-14(2)25-13)21(28)19-20(15-7-8-17(31-5)18(11-15)32-6)27(10-9-26(3)4)23(30)22(19)29/h7-8,11-12,20,28H,9-10H2,1-6H3/b21-19+/t20-/m0/s1. The van der Waals surface area contributed by atoms with Gasteiger partial charge in [-0.15, -0.1) is 0 Å². The molecule has 1 aromatic carbocycles. The van der Waals surface area contributed by atoms with Crippen LogP contribution in [0.15, 0.2) is 30.0 Å². The number of Topliss-reactive ketones (excluding diaryl/α,β-unsaturated/α-hetero) is 1. The number of hydrogen-bond donors (Lipinski definition) is 1. The summed E-state index contributed by atoms with van der Waals surface area (Å²) in [7, 11) is 6.81. The Kier molecular flexibility index (Phi) is 6.78. The van der Waals surface area contributed by atoms with Crippen molar-refractivity contribution in [3.05, 3.63) is 52.6 Å². The molecule has 32 heavy (non-hydrogen) atoms. The minimum Gasteiger partial charge on any atom is -0.507 e. The number of aliphatic hydroxyl groups excluding tert-OH is 1. The molecule has 1 fully saturated rings. The van der Waals surface area contributed by atoms with E-state index in [2.05, 4.69) is 9.97 Å². The number of carbonyl (C=O) groups is 2. The van der Waals surface area contributed by atoms with Gasteiger partial charge in [-0.2, -0.15) is 0 Å². The van der Waals surface area contributed by atoms with E-state index in [1.54, 1.807) is 32.0 Å². The Morgan fingerprint density at radius 2 is 1.84 bits per heavy atom. The Labute approximate surface area is 187 Å². The van der Waals surface area contributed by atoms with Crippen molar-refractivity contribution >= 4 is 17.4 Å². The van der Waals surface area contributed by atoms with Crippen molar-refractivity contribution in [2.24, 2.45) is 0 Å². The fourth-order valence-electron chi connectivity index (χ4n) is 3.75. The van der Waals surface area contributed by atoms with Crippen LogP contribution in [0.3, 0.4) is 0 Å². The second-order valence-electron chi connectivity index (χ2n) is 7.83. The van der Waals surface area contributed by atoms with E-state index in [4.69, 9.17) is 9.47 Å². The third-order valence-corrected chi connectivity index (χ3v) is 5.41. The van der Waals surface area contributed by atoms with Gasteiger partial charge in [-0.25, -0.2) is 9.97 Å². The highest BCUT2D eigenvalue weighted by molar-refractivity contribution is 6.46. The SMILES string of the molecule is COc1ccc([C@H]2/C(=C(\O)c3cnc(C)nc3C)C(=O)C(=O)N2CCN(C)C)cc1OC. The minimum absolute atomic E-state index is 0.00321. The quantitative estimate of drug-likeness (QED) is 0.396. The zero-order valence-electron chi connectivity index (χ0n) is 19.2. The Morgan fingerprint density at radius 1 is 1.16 bits per heavy atom. The van der Waals surface area contributed by atoms with Gasteiger partial charge in [-0.05, 0) is 45.6 Å². The topological polar surface area (TPSA) is 105 Å². The fraction of sp³-hybridized carbons (Fsp3) is 0.391. The summed E-state index contributed by atoms with van der Waals surface area (Å²) in [5.41, 5.74) is 1.44. The van der Waals surface area contributed by atoms with Crippen LogP contribution in [0.5, 0.6) is 11.5 Å². The predicted octanol–water partition coefficient (Wildman–Crippen LogP) is 2.09. The summed E-state index contributed by atoms with van der Waals surface area (Å²) in [5.74, 6) is -0.197. The number of amides is 1. The first kappa shape index (κ1) is 23.2. The lowest BCUT2D eigenvalue weighted by molar-refractivity contribution is -0.140. The van der Waals surface area contributed by atoms with E-state index in [0.717, 1.165) is 0 Å². The molecule has 2 heterocycles. The first-order chi connectivity index (χ1) is 15.2. The number of aryl methyl sites for hydroxylation is 2. The van der Waals surface area contributed by atoms with E-state index in [1.807, 2.05) is 19.0 Å². The number of methoxy groups -OCH3 is 2. The molecule has 1 N–H and O–H groups in total. The maximum Gasteiger partial charge on any atom is 0.295 e. The molecule has 1 aliphatic heterocycles. The van der Waals surface area contributed by atoms with Gasteiger partial charge in [-0.3, -0.25) is 9.59 Å². The van der Waals surface area contributed by atoms with Gasteiger partial charge >= 0.3 is 0 Å². The van der Waals surface area contributed by atoms with Gasteiger partial charge in [0.2, 0.25) is 0 Å². The molecule has 1 aromatic heterocycles. The monoisotopic (exact) mass is 440 g/mol. The van der Waals surface area contributed by atoms with Crippen LogP contribution in [0.2, 0.25) is 0 Å². The molecule has 9 nitrogen and oxygen atoms in total. The lowest BCUT2D eigenvalue weighted by Crippen LogP contribution is -2.35. The van der Waals surface area contributed by atoms with Crippen LogP contribution < -0.4 is 9.47 Å². The van der Waals surface area contributed by atoms with E-state index >= 15 is 0 Å². The molecule has 1 amide bonds. The molecule has 1 atom stereocenters. The highest BCUT2D eigenvalue weighted by atomic mass is 16.5. The van der Waals surface area contributed by atoms with Crippen LogP contribution in [-0.2, 0) is 9.59 Å². The zero-order chi connectivity index (χ0) is 23.6. The average Bonchev–Trinajstić information content (AvgIpc) is 3.01. The van der Waals surface area contributed by atoms with Crippen molar-refractivity contribution < 1.29 is 24.2 Å². The molecular formula is C23H28N4O5. The number of hydrogen-bond acceptors (Lipinski definition) is 8. The Morgan fingerprint density at radius 3 is 2.44 bits per heavy atom. The van der Waals surface area contributed by atoms with Crippen LogP contribution in [0, 0.1) is 13.8 Å². The molecule has 1 saturated heterocycles. The van der Waals surface area contributed by atoms with Crippen molar-refractivity contribution in [2.75, 3.05) is 41.4 Å². The zero-order valence-corrected chi connectivity index (χ0v) is 19.2. The molecule has 1 aliphatic rings. The smallest absolute Gasteiger partial charge is 0.295 e. The van der Waals surface area contributed by atoms with Gasteiger partial charge < -0.3 is 24.4 Å².